The molecule has 0 aromatic carbocycles. The zero-order valence-electron chi connectivity index (χ0n) is 18.1. The van der Waals surface area contributed by atoms with Crippen LogP contribution in [-0.4, -0.2) is 71.6 Å². The first-order valence-electron chi connectivity index (χ1n) is 11.6. The van der Waals surface area contributed by atoms with E-state index in [1.165, 1.54) is 6.42 Å². The first-order valence-corrected chi connectivity index (χ1v) is 12.0. The van der Waals surface area contributed by atoms with Crippen molar-refractivity contribution in [2.75, 3.05) is 13.1 Å². The van der Waals surface area contributed by atoms with Gasteiger partial charge in [0.25, 0.3) is 0 Å². The van der Waals surface area contributed by atoms with Gasteiger partial charge in [0.2, 0.25) is 11.8 Å². The number of hydrogen-bond acceptors (Lipinski definition) is 4. The number of nitrogens with two attached hydrogens (primary N) is 1. The van der Waals surface area contributed by atoms with Gasteiger partial charge < -0.3 is 20.9 Å². The second-order valence-corrected chi connectivity index (χ2v) is 9.52. The molecule has 2 saturated heterocycles. The minimum atomic E-state index is -0.475. The minimum Gasteiger partial charge on any atom is -0.370 e. The van der Waals surface area contributed by atoms with Crippen molar-refractivity contribution >= 4 is 36.9 Å². The third kappa shape index (κ3) is 5.13. The standard InChI is InChI=1S/C21H37BN4O2S/c1-2-15(21(29)26-13-7-11-17(26)22)24-19(27)16-10-6-12-25(16)20(28)18(23)14-8-4-3-5-9-14/h14-18H,2-13,22-23H2,1H3,(H,24,27)/t15-,16-,17-,18-/m0/s1. The molecule has 1 saturated carbocycles. The van der Waals surface area contributed by atoms with Gasteiger partial charge in [0.05, 0.1) is 12.1 Å². The predicted octanol–water partition coefficient (Wildman–Crippen LogP) is 1.16. The first kappa shape index (κ1) is 22.5. The molecule has 29 heavy (non-hydrogen) atoms. The van der Waals surface area contributed by atoms with E-state index in [2.05, 4.69) is 25.0 Å². The first-order chi connectivity index (χ1) is 13.9. The largest absolute Gasteiger partial charge is 0.370 e. The van der Waals surface area contributed by atoms with Gasteiger partial charge in [-0.25, -0.2) is 0 Å². The smallest absolute Gasteiger partial charge is 0.243 e. The SMILES string of the molecule is B[C@@H]1CCCN1C(=S)[C@H](CC)NC(=O)[C@@H]1CCCN1C(=O)[C@@H](N)C1CCCCC1. The molecule has 2 aliphatic heterocycles. The highest BCUT2D eigenvalue weighted by Crippen LogP contribution is 2.28. The normalized spacial score (nSPS) is 27.7. The molecular formula is C21H37BN4O2S. The van der Waals surface area contributed by atoms with E-state index < -0.39 is 12.1 Å². The van der Waals surface area contributed by atoms with Crippen molar-refractivity contribution in [1.29, 1.82) is 0 Å². The lowest BCUT2D eigenvalue weighted by Gasteiger charge is -2.34. The topological polar surface area (TPSA) is 78.7 Å². The summed E-state index contributed by atoms with van der Waals surface area (Å²) in [5, 5.41) is 3.15. The van der Waals surface area contributed by atoms with Gasteiger partial charge in [-0.1, -0.05) is 38.4 Å². The Labute approximate surface area is 181 Å². The maximum atomic E-state index is 13.1. The number of carbonyl (C=O) groups is 2. The van der Waals surface area contributed by atoms with Gasteiger partial charge in [0.1, 0.15) is 18.9 Å². The highest BCUT2D eigenvalue weighted by molar-refractivity contribution is 7.80. The van der Waals surface area contributed by atoms with Crippen LogP contribution in [0, 0.1) is 5.92 Å². The van der Waals surface area contributed by atoms with Gasteiger partial charge in [-0.15, -0.1) is 0 Å². The average Bonchev–Trinajstić information content (AvgIpc) is 3.40. The van der Waals surface area contributed by atoms with Crippen LogP contribution in [-0.2, 0) is 9.59 Å². The van der Waals surface area contributed by atoms with E-state index in [-0.39, 0.29) is 23.8 Å². The van der Waals surface area contributed by atoms with Crippen molar-refractivity contribution in [2.24, 2.45) is 11.7 Å². The fourth-order valence-electron chi connectivity index (χ4n) is 5.26. The Bertz CT molecular complexity index is 613. The Morgan fingerprint density at radius 1 is 1.07 bits per heavy atom. The number of nitrogens with zero attached hydrogens (tertiary/aromatic N) is 2. The van der Waals surface area contributed by atoms with Crippen LogP contribution in [0.1, 0.15) is 71.1 Å². The number of likely N-dealkylation sites (tertiary alicyclic amines) is 2. The van der Waals surface area contributed by atoms with Crippen molar-refractivity contribution in [3.05, 3.63) is 0 Å². The third-order valence-electron chi connectivity index (χ3n) is 7.14. The summed E-state index contributed by atoms with van der Waals surface area (Å²) in [6.07, 6.45) is 10.2. The van der Waals surface area contributed by atoms with Crippen LogP contribution in [0.3, 0.4) is 0 Å². The summed E-state index contributed by atoms with van der Waals surface area (Å²) >= 11 is 5.72. The molecule has 3 fully saturated rings. The molecule has 0 unspecified atom stereocenters. The molecule has 1 aliphatic carbocycles. The van der Waals surface area contributed by atoms with Crippen molar-refractivity contribution in [3.63, 3.8) is 0 Å². The Morgan fingerprint density at radius 3 is 2.34 bits per heavy atom. The molecular weight excluding hydrogens is 383 g/mol. The molecule has 2 heterocycles. The van der Waals surface area contributed by atoms with Gasteiger partial charge in [-0.05, 0) is 56.8 Å². The van der Waals surface area contributed by atoms with E-state index >= 15 is 0 Å². The molecule has 0 radical (unpaired) electrons. The van der Waals surface area contributed by atoms with Gasteiger partial charge in [-0.2, -0.15) is 0 Å². The van der Waals surface area contributed by atoms with E-state index in [4.69, 9.17) is 18.0 Å². The summed E-state index contributed by atoms with van der Waals surface area (Å²) in [6, 6.07) is -1.04. The quantitative estimate of drug-likeness (QED) is 0.498. The van der Waals surface area contributed by atoms with Crippen molar-refractivity contribution in [2.45, 2.75) is 95.2 Å². The molecule has 6 nitrogen and oxygen atoms in total. The maximum absolute atomic E-state index is 13.1. The summed E-state index contributed by atoms with van der Waals surface area (Å²) in [4.78, 5) is 31.0. The summed E-state index contributed by atoms with van der Waals surface area (Å²) in [7, 11) is 2.19. The van der Waals surface area contributed by atoms with E-state index in [1.54, 1.807) is 4.90 Å². The monoisotopic (exact) mass is 420 g/mol. The molecule has 0 aromatic rings. The number of carbonyl (C=O) groups excluding carboxylic acids is 2. The van der Waals surface area contributed by atoms with E-state index in [0.29, 0.717) is 18.9 Å². The van der Waals surface area contributed by atoms with Crippen molar-refractivity contribution in [3.8, 4) is 0 Å². The number of nitrogens with one attached hydrogen (secondary N) is 1. The van der Waals surface area contributed by atoms with Crippen LogP contribution in [0.2, 0.25) is 0 Å². The van der Waals surface area contributed by atoms with Crippen LogP contribution < -0.4 is 11.1 Å². The minimum absolute atomic E-state index is 0.0432. The lowest BCUT2D eigenvalue weighted by atomic mass is 9.83. The highest BCUT2D eigenvalue weighted by atomic mass is 32.1. The summed E-state index contributed by atoms with van der Waals surface area (Å²) in [5.41, 5.74) is 6.36. The summed E-state index contributed by atoms with van der Waals surface area (Å²) in [6.45, 7) is 3.65. The fraction of sp³-hybridized carbons (Fsp3) is 0.857. The maximum Gasteiger partial charge on any atom is 0.243 e. The number of hydrogen-bond donors (Lipinski definition) is 2. The van der Waals surface area contributed by atoms with E-state index in [9.17, 15) is 9.59 Å². The van der Waals surface area contributed by atoms with Gasteiger partial charge in [0.15, 0.2) is 0 Å². The van der Waals surface area contributed by atoms with Gasteiger partial charge in [-0.3, -0.25) is 9.59 Å². The van der Waals surface area contributed by atoms with Crippen molar-refractivity contribution < 1.29 is 9.59 Å². The molecule has 0 spiro atoms. The molecule has 4 atom stereocenters. The van der Waals surface area contributed by atoms with Crippen molar-refractivity contribution in [1.82, 2.24) is 15.1 Å². The molecule has 2 amide bonds. The van der Waals surface area contributed by atoms with Crippen LogP contribution in [0.4, 0.5) is 0 Å². The Kier molecular flexibility index (Phi) is 7.96. The molecule has 3 aliphatic rings. The van der Waals surface area contributed by atoms with Crippen LogP contribution in [0.25, 0.3) is 0 Å². The second-order valence-electron chi connectivity index (χ2n) is 9.11. The van der Waals surface area contributed by atoms with Gasteiger partial charge >= 0.3 is 0 Å². The van der Waals surface area contributed by atoms with E-state index in [0.717, 1.165) is 62.9 Å². The fourth-order valence-corrected chi connectivity index (χ4v) is 5.75. The van der Waals surface area contributed by atoms with E-state index in [1.807, 2.05) is 0 Å². The molecule has 8 heteroatoms. The highest BCUT2D eigenvalue weighted by Gasteiger charge is 2.39. The van der Waals surface area contributed by atoms with Crippen LogP contribution in [0.15, 0.2) is 0 Å². The Morgan fingerprint density at radius 2 is 1.72 bits per heavy atom. The molecule has 0 bridgehead atoms. The Hall–Kier alpha value is -1.15. The molecule has 3 N–H and O–H groups in total. The number of rotatable bonds is 6. The summed E-state index contributed by atoms with van der Waals surface area (Å²) in [5.74, 6) is 0.575. The third-order valence-corrected chi connectivity index (χ3v) is 7.66. The predicted molar refractivity (Wildman–Crippen MR) is 122 cm³/mol. The zero-order chi connectivity index (χ0) is 21.0. The van der Waals surface area contributed by atoms with Crippen LogP contribution in [0.5, 0.6) is 0 Å². The van der Waals surface area contributed by atoms with Gasteiger partial charge in [0, 0.05) is 13.1 Å². The zero-order valence-corrected chi connectivity index (χ0v) is 18.9. The molecule has 162 valence electrons. The summed E-state index contributed by atoms with van der Waals surface area (Å²) < 4.78 is 0. The average molecular weight is 420 g/mol. The van der Waals surface area contributed by atoms with Crippen LogP contribution >= 0.6 is 12.2 Å². The number of thiocarbonyl (C=S) groups is 1. The number of amides is 2. The Balaban J connectivity index is 1.61. The second kappa shape index (κ2) is 10.2. The lowest BCUT2D eigenvalue weighted by molar-refractivity contribution is -0.140. The molecule has 3 rings (SSSR count). The lowest BCUT2D eigenvalue weighted by Crippen LogP contribution is -2.56. The molecule has 0 aromatic heterocycles.